The number of allylic oxidation sites excluding steroid dienone is 4. The Kier molecular flexibility index (Phi) is 55.0. The van der Waals surface area contributed by atoms with Gasteiger partial charge in [-0.05, 0) is 0 Å². The summed E-state index contributed by atoms with van der Waals surface area (Å²) in [5.41, 5.74) is 0. The summed E-state index contributed by atoms with van der Waals surface area (Å²) in [7, 11) is 1.86. The predicted molar refractivity (Wildman–Crippen MR) is 77.1 cm³/mol. The van der Waals surface area contributed by atoms with Gasteiger partial charge < -0.3 is 19.8 Å². The van der Waals surface area contributed by atoms with Crippen molar-refractivity contribution in [2.75, 3.05) is 0 Å². The van der Waals surface area contributed by atoms with Gasteiger partial charge in [-0.1, -0.05) is 0 Å². The van der Waals surface area contributed by atoms with Gasteiger partial charge in [0, 0.05) is 0 Å². The van der Waals surface area contributed by atoms with Gasteiger partial charge in [-0.3, -0.25) is 6.08 Å². The molecule has 0 fully saturated rings. The van der Waals surface area contributed by atoms with Gasteiger partial charge in [0.05, 0.1) is 0 Å². The normalized spacial score (nSPS) is 8.19. The molecule has 0 saturated carbocycles. The maximum atomic E-state index is 2.99. The molecule has 0 saturated heterocycles. The standard InChI is InChI=1S/C5H5.C4H4N.2CH3.2ClH.H2Si.Ti/c2*1-2-4-5-3-1;;;;;;/h1-3H,4H2;1-3,5H;2*1H3;2*1H;1H2;/q4*-1;;;;. The minimum absolute atomic E-state index is 0. The molecule has 0 aromatic carbocycles. The van der Waals surface area contributed by atoms with Crippen LogP contribution in [0.5, 0.6) is 0 Å². The van der Waals surface area contributed by atoms with Gasteiger partial charge in [-0.25, -0.2) is 12.2 Å². The fraction of sp³-hybridized carbons (Fsp3) is 0.0909. The van der Waals surface area contributed by atoms with E-state index < -0.39 is 0 Å². The first-order valence-corrected chi connectivity index (χ1v) is 7.58. The molecule has 16 heavy (non-hydrogen) atoms. The molecule has 2 rings (SSSR count). The molecule has 1 aliphatic rings. The Morgan fingerprint density at radius 3 is 1.94 bits per heavy atom. The minimum Gasteiger partial charge on any atom is -0.484 e. The number of aromatic nitrogens is 1. The van der Waals surface area contributed by atoms with Crippen molar-refractivity contribution in [2.45, 2.75) is 6.42 Å². The van der Waals surface area contributed by atoms with Crippen LogP contribution in [0.3, 0.4) is 0 Å². The summed E-state index contributed by atoms with van der Waals surface area (Å²) >= 11 is 2.03. The van der Waals surface area contributed by atoms with E-state index in [0.29, 0.717) is 0 Å². The van der Waals surface area contributed by atoms with Crippen molar-refractivity contribution in [1.82, 2.24) is 4.98 Å². The Morgan fingerprint density at radius 2 is 1.81 bits per heavy atom. The molecule has 0 radical (unpaired) electrons. The third-order valence-corrected chi connectivity index (χ3v) is 1.03. The molecule has 94 valence electrons. The van der Waals surface area contributed by atoms with Gasteiger partial charge >= 0.3 is 26.8 Å². The molecule has 0 amide bonds. The quantitative estimate of drug-likeness (QED) is 0.560. The number of hydrogen-bond acceptors (Lipinski definition) is 0. The van der Waals surface area contributed by atoms with Crippen LogP contribution in [-0.4, -0.2) is 12.6 Å². The van der Waals surface area contributed by atoms with E-state index in [1.54, 1.807) is 0 Å². The van der Waals surface area contributed by atoms with Crippen molar-refractivity contribution in [2.24, 2.45) is 0 Å². The van der Waals surface area contributed by atoms with Crippen molar-refractivity contribution >= 4 is 32.4 Å². The van der Waals surface area contributed by atoms with Crippen LogP contribution in [-0.2, 0) is 19.2 Å². The van der Waals surface area contributed by atoms with Crippen molar-refractivity contribution in [3.05, 3.63) is 63.7 Å². The molecular weight excluding hydrogens is 293 g/mol. The van der Waals surface area contributed by atoms with Crippen molar-refractivity contribution in [1.29, 1.82) is 0 Å². The van der Waals surface area contributed by atoms with Crippen LogP contribution in [0.2, 0.25) is 0 Å². The fourth-order valence-corrected chi connectivity index (χ4v) is 0.581. The van der Waals surface area contributed by atoms with Gasteiger partial charge in [0.15, 0.2) is 0 Å². The van der Waals surface area contributed by atoms with Crippen LogP contribution in [0.4, 0.5) is 0 Å². The maximum absolute atomic E-state index is 2.99. The zero-order valence-electron chi connectivity index (χ0n) is 9.69. The first-order chi connectivity index (χ1) is 6.00. The van der Waals surface area contributed by atoms with Crippen LogP contribution >= 0.6 is 24.8 Å². The van der Waals surface area contributed by atoms with Crippen LogP contribution in [0.15, 0.2) is 36.6 Å². The Bertz CT molecular complexity index is 199. The maximum Gasteiger partial charge on any atom is -0.108 e. The van der Waals surface area contributed by atoms with Crippen LogP contribution in [0.25, 0.3) is 0 Å². The van der Waals surface area contributed by atoms with Gasteiger partial charge in [0.1, 0.15) is 0 Å². The van der Waals surface area contributed by atoms with E-state index in [9.17, 15) is 0 Å². The van der Waals surface area contributed by atoms with E-state index in [4.69, 9.17) is 0 Å². The molecule has 0 unspecified atom stereocenters. The number of H-pyrrole nitrogens is 1. The van der Waals surface area contributed by atoms with Crippen molar-refractivity contribution < 1.29 is 19.2 Å². The first kappa shape index (κ1) is 29.9. The number of rotatable bonds is 0. The second kappa shape index (κ2) is 29.5. The number of hydrogen-bond donors (Lipinski definition) is 1. The Labute approximate surface area is 126 Å². The van der Waals surface area contributed by atoms with Crippen LogP contribution in [0.1, 0.15) is 6.42 Å². The first-order valence-electron chi connectivity index (χ1n) is 3.56. The molecule has 0 spiro atoms. The summed E-state index contributed by atoms with van der Waals surface area (Å²) in [5.74, 6) is 0. The zero-order valence-corrected chi connectivity index (χ0v) is 14.3. The average molecular weight is 312 g/mol. The molecule has 5 heteroatoms. The summed E-state index contributed by atoms with van der Waals surface area (Å²) in [6.07, 6.45) is 14.6. The molecule has 1 heterocycles. The van der Waals surface area contributed by atoms with Gasteiger partial charge in [0.2, 0.25) is 0 Å². The Hall–Kier alpha value is 0.271. The summed E-state index contributed by atoms with van der Waals surface area (Å²) in [4.78, 5) is 2.74. The molecular formula is C11H19Cl2NSiTi-4. The van der Waals surface area contributed by atoms with Gasteiger partial charge in [-0.2, -0.15) is 24.4 Å². The number of aromatic amines is 1. The average Bonchev–Trinajstić information content (AvgIpc) is 2.87. The predicted octanol–water partition coefficient (Wildman–Crippen LogP) is 2.95. The third kappa shape index (κ3) is 23.8. The largest absolute Gasteiger partial charge is 0.484 e. The van der Waals surface area contributed by atoms with E-state index in [1.807, 2.05) is 57.3 Å². The molecule has 1 aromatic rings. The second-order valence-corrected chi connectivity index (χ2v) is 1.82. The Morgan fingerprint density at radius 1 is 1.19 bits per heavy atom. The molecule has 1 aromatic heterocycles. The van der Waals surface area contributed by atoms with Crippen molar-refractivity contribution in [3.8, 4) is 0 Å². The smallest absolute Gasteiger partial charge is 0.108 e. The van der Waals surface area contributed by atoms with Crippen LogP contribution < -0.4 is 0 Å². The summed E-state index contributed by atoms with van der Waals surface area (Å²) in [6.45, 7) is 0. The SMILES string of the molecule is Cl.Cl.[C-]1=CC=CC1.[CH3-].[CH3-].[SiH2]=[Ti].[c-]1ccc[nH]1. The molecule has 1 aliphatic carbocycles. The van der Waals surface area contributed by atoms with Gasteiger partial charge in [-0.15, -0.1) is 37.4 Å². The van der Waals surface area contributed by atoms with Crippen molar-refractivity contribution in [3.63, 3.8) is 0 Å². The number of halogens is 2. The molecule has 1 nitrogen and oxygen atoms in total. The molecule has 1 N–H and O–H groups in total. The number of nitrogens with one attached hydrogen (secondary N) is 1. The summed E-state index contributed by atoms with van der Waals surface area (Å²) < 4.78 is 0. The molecule has 0 atom stereocenters. The van der Waals surface area contributed by atoms with E-state index in [0.717, 1.165) is 6.42 Å². The van der Waals surface area contributed by atoms with E-state index in [2.05, 4.69) is 23.3 Å². The molecule has 0 bridgehead atoms. The van der Waals surface area contributed by atoms with E-state index in [-0.39, 0.29) is 39.7 Å². The second-order valence-electron chi connectivity index (χ2n) is 1.82. The minimum atomic E-state index is 0. The third-order valence-electron chi connectivity index (χ3n) is 1.03. The topological polar surface area (TPSA) is 15.8 Å². The van der Waals surface area contributed by atoms with E-state index in [1.165, 1.54) is 0 Å². The summed E-state index contributed by atoms with van der Waals surface area (Å²) in [6, 6.07) is 3.71. The Balaban J connectivity index is -0.0000000360. The monoisotopic (exact) mass is 311 g/mol. The van der Waals surface area contributed by atoms with Crippen LogP contribution in [0, 0.1) is 27.1 Å². The fourth-order valence-electron chi connectivity index (χ4n) is 0.581. The summed E-state index contributed by atoms with van der Waals surface area (Å²) in [5, 5.41) is 0. The van der Waals surface area contributed by atoms with Gasteiger partial charge in [0.25, 0.3) is 0 Å². The van der Waals surface area contributed by atoms with E-state index >= 15 is 0 Å². The molecule has 0 aliphatic heterocycles. The zero-order chi connectivity index (χ0) is 9.07.